The van der Waals surface area contributed by atoms with E-state index in [2.05, 4.69) is 72.8 Å². The first-order valence-corrected chi connectivity index (χ1v) is 16.2. The molecule has 3 heterocycles. The summed E-state index contributed by atoms with van der Waals surface area (Å²) in [7, 11) is 0. The van der Waals surface area contributed by atoms with Gasteiger partial charge < -0.3 is 0 Å². The third kappa shape index (κ3) is 4.17. The van der Waals surface area contributed by atoms with Crippen LogP contribution in [0.1, 0.15) is 0 Å². The van der Waals surface area contributed by atoms with Gasteiger partial charge in [-0.25, -0.2) is 4.98 Å². The SMILES string of the molecule is c1ccc(-c2nc(-c3ccccc3)nc(-c3ccc4c(c3)oc3ccc(-c5cccc6c5[se]c5ccccc56)cc34)n2)cc1. The van der Waals surface area contributed by atoms with E-state index in [1.807, 2.05) is 66.7 Å². The molecule has 0 fully saturated rings. The van der Waals surface area contributed by atoms with Crippen LogP contribution in [0.3, 0.4) is 0 Å². The van der Waals surface area contributed by atoms with Crippen LogP contribution >= 0.6 is 0 Å². The molecule has 9 aromatic rings. The van der Waals surface area contributed by atoms with Crippen LogP contribution in [0.5, 0.6) is 0 Å². The van der Waals surface area contributed by atoms with E-state index in [4.69, 9.17) is 19.4 Å². The zero-order chi connectivity index (χ0) is 29.0. The fourth-order valence-corrected chi connectivity index (χ4v) is 8.59. The summed E-state index contributed by atoms with van der Waals surface area (Å²) in [5, 5.41) is 4.92. The minimum Gasteiger partial charge on any atom is -0.0615 e. The predicted molar refractivity (Wildman–Crippen MR) is 181 cm³/mol. The average molecular weight is 629 g/mol. The zero-order valence-electron chi connectivity index (χ0n) is 23.4. The predicted octanol–water partition coefficient (Wildman–Crippen LogP) is 9.80. The minimum absolute atomic E-state index is 0.284. The Morgan fingerprint density at radius 2 is 1.05 bits per heavy atom. The number of rotatable bonds is 4. The van der Waals surface area contributed by atoms with Crippen molar-refractivity contribution in [1.82, 2.24) is 15.0 Å². The van der Waals surface area contributed by atoms with E-state index < -0.39 is 0 Å². The molecular weight excluding hydrogens is 605 g/mol. The molecule has 0 N–H and O–H groups in total. The second kappa shape index (κ2) is 10.1. The third-order valence-corrected chi connectivity index (χ3v) is 10.7. The normalized spacial score (nSPS) is 11.6. The number of nitrogens with zero attached hydrogens (tertiary/aromatic N) is 3. The van der Waals surface area contributed by atoms with Crippen molar-refractivity contribution in [3.8, 4) is 45.3 Å². The summed E-state index contributed by atoms with van der Waals surface area (Å²) >= 11 is 0.284. The summed E-state index contributed by atoms with van der Waals surface area (Å²) < 4.78 is 9.32. The Bertz CT molecular complexity index is 2440. The van der Waals surface area contributed by atoms with E-state index >= 15 is 0 Å². The number of hydrogen-bond acceptors (Lipinski definition) is 4. The second-order valence-corrected chi connectivity index (χ2v) is 13.1. The largest absolute Gasteiger partial charge is 0.0615 e. The zero-order valence-corrected chi connectivity index (χ0v) is 25.2. The molecule has 0 saturated carbocycles. The summed E-state index contributed by atoms with van der Waals surface area (Å²) in [5.74, 6) is 1.90. The number of aromatic nitrogens is 3. The quantitative estimate of drug-likeness (QED) is 0.182. The molecule has 6 aromatic carbocycles. The average Bonchev–Trinajstić information content (AvgIpc) is 3.66. The molecule has 4 nitrogen and oxygen atoms in total. The molecule has 44 heavy (non-hydrogen) atoms. The van der Waals surface area contributed by atoms with Gasteiger partial charge in [0.05, 0.1) is 0 Å². The molecular formula is C39H23N3OSe. The Morgan fingerprint density at radius 1 is 0.409 bits per heavy atom. The fourth-order valence-electron chi connectivity index (χ4n) is 6.00. The van der Waals surface area contributed by atoms with E-state index in [1.54, 1.807) is 0 Å². The molecule has 0 saturated heterocycles. The van der Waals surface area contributed by atoms with E-state index in [-0.39, 0.29) is 14.5 Å². The van der Waals surface area contributed by atoms with Crippen LogP contribution in [0.2, 0.25) is 0 Å². The molecule has 0 unspecified atom stereocenters. The van der Waals surface area contributed by atoms with Gasteiger partial charge in [0.25, 0.3) is 0 Å². The van der Waals surface area contributed by atoms with Crippen LogP contribution in [-0.4, -0.2) is 29.5 Å². The number of benzene rings is 6. The number of hydrogen-bond donors (Lipinski definition) is 0. The topological polar surface area (TPSA) is 51.8 Å². The molecule has 0 bridgehead atoms. The van der Waals surface area contributed by atoms with Crippen molar-refractivity contribution in [1.29, 1.82) is 0 Å². The summed E-state index contributed by atoms with van der Waals surface area (Å²) in [6.45, 7) is 0. The third-order valence-electron chi connectivity index (χ3n) is 8.14. The maximum absolute atomic E-state index is 6.41. The van der Waals surface area contributed by atoms with Crippen molar-refractivity contribution in [3.63, 3.8) is 0 Å². The van der Waals surface area contributed by atoms with Gasteiger partial charge in [-0.2, -0.15) is 0 Å². The van der Waals surface area contributed by atoms with Gasteiger partial charge in [-0.05, 0) is 0 Å². The van der Waals surface area contributed by atoms with Crippen LogP contribution in [-0.2, 0) is 0 Å². The van der Waals surface area contributed by atoms with Crippen LogP contribution in [0.25, 0.3) is 86.5 Å². The van der Waals surface area contributed by atoms with Gasteiger partial charge in [0.1, 0.15) is 0 Å². The molecule has 0 spiro atoms. The number of fused-ring (bicyclic) bond motifs is 6. The van der Waals surface area contributed by atoms with Gasteiger partial charge >= 0.3 is 183 Å². The van der Waals surface area contributed by atoms with Crippen molar-refractivity contribution in [3.05, 3.63) is 140 Å². The summed E-state index contributed by atoms with van der Waals surface area (Å²) in [6.07, 6.45) is 0. The van der Waals surface area contributed by atoms with Crippen LogP contribution in [0.15, 0.2) is 144 Å². The first kappa shape index (κ1) is 25.2. The smallest absolute Gasteiger partial charge is 0.0512 e. The molecule has 9 rings (SSSR count). The maximum Gasteiger partial charge on any atom is -0.0512 e. The van der Waals surface area contributed by atoms with Crippen molar-refractivity contribution < 1.29 is 4.42 Å². The first-order chi connectivity index (χ1) is 21.8. The van der Waals surface area contributed by atoms with E-state index in [0.29, 0.717) is 17.5 Å². The van der Waals surface area contributed by atoms with Crippen molar-refractivity contribution >= 4 is 55.7 Å². The molecule has 3 aromatic heterocycles. The molecule has 0 radical (unpaired) electrons. The van der Waals surface area contributed by atoms with Gasteiger partial charge in [0.2, 0.25) is 0 Å². The van der Waals surface area contributed by atoms with Gasteiger partial charge in [-0.15, -0.1) is 0 Å². The summed E-state index contributed by atoms with van der Waals surface area (Å²) in [6, 6.07) is 48.4. The van der Waals surface area contributed by atoms with Gasteiger partial charge in [0, 0.05) is 11.1 Å². The molecule has 0 atom stereocenters. The Labute approximate surface area is 259 Å². The maximum atomic E-state index is 6.41. The molecule has 206 valence electrons. The summed E-state index contributed by atoms with van der Waals surface area (Å²) in [4.78, 5) is 14.6. The Hall–Kier alpha value is -5.35. The standard InChI is InChI=1S/C39H23N3OSe/c1-3-10-24(11-4-1)37-40-38(25-12-5-2-6-13-25)42-39(41-37)27-18-20-29-32-22-26(19-21-33(32)43-34(29)23-27)28-15-9-16-31-30-14-7-8-17-35(30)44-36(28)31/h1-23H. The number of furan rings is 1. The van der Waals surface area contributed by atoms with Crippen molar-refractivity contribution in [2.24, 2.45) is 0 Å². The van der Waals surface area contributed by atoms with E-state index in [0.717, 1.165) is 38.6 Å². The van der Waals surface area contributed by atoms with Gasteiger partial charge in [0.15, 0.2) is 0 Å². The van der Waals surface area contributed by atoms with Crippen LogP contribution in [0, 0.1) is 0 Å². The summed E-state index contributed by atoms with van der Waals surface area (Å²) in [5.41, 5.74) is 6.98. The van der Waals surface area contributed by atoms with Crippen molar-refractivity contribution in [2.45, 2.75) is 0 Å². The van der Waals surface area contributed by atoms with E-state index in [1.165, 1.54) is 30.4 Å². The molecule has 5 heteroatoms. The Morgan fingerprint density at radius 3 is 1.80 bits per heavy atom. The minimum atomic E-state index is 0.284. The van der Waals surface area contributed by atoms with Gasteiger partial charge in [-0.3, -0.25) is 0 Å². The molecule has 0 amide bonds. The Balaban J connectivity index is 1.18. The van der Waals surface area contributed by atoms with Crippen LogP contribution in [0.4, 0.5) is 0 Å². The fraction of sp³-hybridized carbons (Fsp3) is 0. The monoisotopic (exact) mass is 629 g/mol. The molecule has 0 aliphatic heterocycles. The Kier molecular flexibility index (Phi) is 5.80. The van der Waals surface area contributed by atoms with Gasteiger partial charge in [-0.1, -0.05) is 60.7 Å². The molecule has 0 aliphatic rings. The first-order valence-electron chi connectivity index (χ1n) is 14.5. The van der Waals surface area contributed by atoms with Crippen molar-refractivity contribution in [2.75, 3.05) is 0 Å². The second-order valence-electron chi connectivity index (χ2n) is 10.8. The molecule has 0 aliphatic carbocycles. The van der Waals surface area contributed by atoms with E-state index in [9.17, 15) is 0 Å². The van der Waals surface area contributed by atoms with Crippen LogP contribution < -0.4 is 0 Å².